The van der Waals surface area contributed by atoms with Crippen molar-refractivity contribution in [2.75, 3.05) is 0 Å². The fraction of sp³-hybridized carbons (Fsp3) is 0.444. The van der Waals surface area contributed by atoms with Gasteiger partial charge in [0, 0.05) is 12.2 Å². The molecule has 70 valence electrons. The fourth-order valence-corrected chi connectivity index (χ4v) is 2.13. The number of aromatic carboxylic acids is 1. The highest BCUT2D eigenvalue weighted by molar-refractivity contribution is 6.33. The van der Waals surface area contributed by atoms with Crippen molar-refractivity contribution < 1.29 is 9.90 Å². The monoisotopic (exact) mass is 199 g/mol. The molecule has 0 bridgehead atoms. The van der Waals surface area contributed by atoms with E-state index in [9.17, 15) is 4.79 Å². The molecule has 1 aliphatic heterocycles. The highest BCUT2D eigenvalue weighted by atomic mass is 35.5. The number of carboxylic acids is 1. The number of hydrogen-bond acceptors (Lipinski definition) is 1. The molecule has 2 rings (SSSR count). The van der Waals surface area contributed by atoms with Crippen LogP contribution in [0.1, 0.15) is 29.0 Å². The van der Waals surface area contributed by atoms with E-state index in [-0.39, 0.29) is 5.69 Å². The van der Waals surface area contributed by atoms with Crippen LogP contribution >= 0.6 is 11.6 Å². The lowest BCUT2D eigenvalue weighted by Crippen LogP contribution is -2.15. The molecular weight excluding hydrogens is 190 g/mol. The van der Waals surface area contributed by atoms with E-state index in [1.54, 1.807) is 6.07 Å². The third kappa shape index (κ3) is 1.33. The van der Waals surface area contributed by atoms with Crippen LogP contribution in [-0.4, -0.2) is 15.6 Å². The molecule has 0 radical (unpaired) electrons. The van der Waals surface area contributed by atoms with E-state index in [1.807, 2.05) is 4.57 Å². The topological polar surface area (TPSA) is 42.2 Å². The number of carboxylic acid groups (broad SMARTS) is 1. The maximum absolute atomic E-state index is 10.8. The summed E-state index contributed by atoms with van der Waals surface area (Å²) >= 11 is 5.83. The van der Waals surface area contributed by atoms with Crippen molar-refractivity contribution >= 4 is 17.6 Å². The van der Waals surface area contributed by atoms with Crippen LogP contribution in [0.4, 0.5) is 0 Å². The molecule has 3 nitrogen and oxygen atoms in total. The van der Waals surface area contributed by atoms with Crippen LogP contribution in [0.15, 0.2) is 6.07 Å². The van der Waals surface area contributed by atoms with Gasteiger partial charge in [0.05, 0.1) is 5.02 Å². The summed E-state index contributed by atoms with van der Waals surface area (Å²) in [6.45, 7) is 0.781. The second-order valence-electron chi connectivity index (χ2n) is 3.25. The van der Waals surface area contributed by atoms with E-state index < -0.39 is 5.97 Å². The summed E-state index contributed by atoms with van der Waals surface area (Å²) in [5.74, 6) is -0.932. The molecule has 2 heterocycles. The molecular formula is C9H10ClNO2. The molecule has 1 N–H and O–H groups in total. The first-order valence-corrected chi connectivity index (χ1v) is 4.69. The second kappa shape index (κ2) is 3.07. The van der Waals surface area contributed by atoms with Gasteiger partial charge in [-0.05, 0) is 25.3 Å². The molecule has 13 heavy (non-hydrogen) atoms. The van der Waals surface area contributed by atoms with Crippen LogP contribution in [0.2, 0.25) is 5.02 Å². The molecule has 0 aliphatic carbocycles. The van der Waals surface area contributed by atoms with Crippen LogP contribution in [0.3, 0.4) is 0 Å². The maximum Gasteiger partial charge on any atom is 0.354 e. The van der Waals surface area contributed by atoms with Gasteiger partial charge in [-0.1, -0.05) is 11.6 Å². The number of hydrogen-bond donors (Lipinski definition) is 1. The molecule has 0 atom stereocenters. The van der Waals surface area contributed by atoms with E-state index >= 15 is 0 Å². The van der Waals surface area contributed by atoms with E-state index in [4.69, 9.17) is 16.7 Å². The number of fused-ring (bicyclic) bond motifs is 1. The normalized spacial score (nSPS) is 15.5. The van der Waals surface area contributed by atoms with Crippen LogP contribution < -0.4 is 0 Å². The predicted octanol–water partition coefficient (Wildman–Crippen LogP) is 2.18. The fourth-order valence-electron chi connectivity index (χ4n) is 1.82. The number of nitrogens with zero attached hydrogens (tertiary/aromatic N) is 1. The van der Waals surface area contributed by atoms with Crippen molar-refractivity contribution in [2.24, 2.45) is 0 Å². The highest BCUT2D eigenvalue weighted by Crippen LogP contribution is 2.26. The molecule has 1 aromatic rings. The van der Waals surface area contributed by atoms with Gasteiger partial charge in [-0.25, -0.2) is 4.79 Å². The first-order valence-electron chi connectivity index (χ1n) is 4.31. The molecule has 0 aromatic carbocycles. The summed E-state index contributed by atoms with van der Waals surface area (Å²) in [7, 11) is 0. The standard InChI is InChI=1S/C9H10ClNO2/c10-7-5-6-3-1-2-4-11(6)8(7)9(12)13/h5H,1-4H2,(H,12,13). The minimum atomic E-state index is -0.932. The number of rotatable bonds is 1. The zero-order valence-electron chi connectivity index (χ0n) is 7.09. The minimum Gasteiger partial charge on any atom is -0.477 e. The largest absolute Gasteiger partial charge is 0.477 e. The van der Waals surface area contributed by atoms with Gasteiger partial charge in [-0.15, -0.1) is 0 Å². The lowest BCUT2D eigenvalue weighted by Gasteiger charge is -2.15. The van der Waals surface area contributed by atoms with Crippen molar-refractivity contribution in [3.05, 3.63) is 22.5 Å². The van der Waals surface area contributed by atoms with Crippen molar-refractivity contribution in [1.29, 1.82) is 0 Å². The van der Waals surface area contributed by atoms with Gasteiger partial charge in [0.1, 0.15) is 5.69 Å². The Labute approximate surface area is 80.9 Å². The van der Waals surface area contributed by atoms with E-state index in [1.165, 1.54) is 0 Å². The van der Waals surface area contributed by atoms with Gasteiger partial charge in [-0.3, -0.25) is 0 Å². The summed E-state index contributed by atoms with van der Waals surface area (Å²) in [5, 5.41) is 9.27. The Balaban J connectivity index is 2.54. The lowest BCUT2D eigenvalue weighted by atomic mass is 10.1. The number of halogens is 1. The Morgan fingerprint density at radius 2 is 2.31 bits per heavy atom. The van der Waals surface area contributed by atoms with E-state index in [0.29, 0.717) is 5.02 Å². The molecule has 0 unspecified atom stereocenters. The third-order valence-electron chi connectivity index (χ3n) is 2.40. The Morgan fingerprint density at radius 1 is 1.54 bits per heavy atom. The molecule has 1 aromatic heterocycles. The van der Waals surface area contributed by atoms with Gasteiger partial charge < -0.3 is 9.67 Å². The zero-order valence-corrected chi connectivity index (χ0v) is 7.84. The summed E-state index contributed by atoms with van der Waals surface area (Å²) in [6, 6.07) is 1.77. The van der Waals surface area contributed by atoms with Crippen molar-refractivity contribution in [3.63, 3.8) is 0 Å². The number of carbonyl (C=O) groups is 1. The number of aromatic nitrogens is 1. The predicted molar refractivity (Wildman–Crippen MR) is 49.3 cm³/mol. The summed E-state index contributed by atoms with van der Waals surface area (Å²) in [4.78, 5) is 10.8. The van der Waals surface area contributed by atoms with Crippen LogP contribution in [-0.2, 0) is 13.0 Å². The zero-order chi connectivity index (χ0) is 9.42. The summed E-state index contributed by atoms with van der Waals surface area (Å²) < 4.78 is 1.81. The summed E-state index contributed by atoms with van der Waals surface area (Å²) in [5.41, 5.74) is 1.30. The molecule has 1 aliphatic rings. The van der Waals surface area contributed by atoms with Crippen LogP contribution in [0.25, 0.3) is 0 Å². The van der Waals surface area contributed by atoms with E-state index in [0.717, 1.165) is 31.5 Å². The first-order chi connectivity index (χ1) is 6.20. The van der Waals surface area contributed by atoms with Crippen LogP contribution in [0.5, 0.6) is 0 Å². The van der Waals surface area contributed by atoms with Gasteiger partial charge in [0.2, 0.25) is 0 Å². The van der Waals surface area contributed by atoms with Crippen molar-refractivity contribution in [2.45, 2.75) is 25.8 Å². The average Bonchev–Trinajstić information content (AvgIpc) is 2.39. The van der Waals surface area contributed by atoms with Crippen LogP contribution in [0, 0.1) is 0 Å². The molecule has 0 saturated carbocycles. The molecule has 0 fully saturated rings. The number of aryl methyl sites for hydroxylation is 1. The Morgan fingerprint density at radius 3 is 3.00 bits per heavy atom. The Bertz CT molecular complexity index is 357. The lowest BCUT2D eigenvalue weighted by molar-refractivity contribution is 0.0684. The summed E-state index contributed by atoms with van der Waals surface area (Å²) in [6.07, 6.45) is 3.10. The molecule has 0 spiro atoms. The smallest absolute Gasteiger partial charge is 0.354 e. The van der Waals surface area contributed by atoms with Gasteiger partial charge in [0.15, 0.2) is 0 Å². The Hall–Kier alpha value is -0.960. The molecule has 0 amide bonds. The van der Waals surface area contributed by atoms with Crippen molar-refractivity contribution in [3.8, 4) is 0 Å². The van der Waals surface area contributed by atoms with Gasteiger partial charge in [0.25, 0.3) is 0 Å². The van der Waals surface area contributed by atoms with E-state index in [2.05, 4.69) is 0 Å². The third-order valence-corrected chi connectivity index (χ3v) is 2.69. The minimum absolute atomic E-state index is 0.247. The van der Waals surface area contributed by atoms with Crippen molar-refractivity contribution in [1.82, 2.24) is 4.57 Å². The highest BCUT2D eigenvalue weighted by Gasteiger charge is 2.21. The molecule has 4 heteroatoms. The molecule has 0 saturated heterocycles. The maximum atomic E-state index is 10.8. The second-order valence-corrected chi connectivity index (χ2v) is 3.65. The Kier molecular flexibility index (Phi) is 2.04. The SMILES string of the molecule is O=C(O)c1c(Cl)cc2n1CCCC2. The average molecular weight is 200 g/mol. The first kappa shape index (κ1) is 8.63. The van der Waals surface area contributed by atoms with Gasteiger partial charge in [-0.2, -0.15) is 0 Å². The quantitative estimate of drug-likeness (QED) is 0.753. The van der Waals surface area contributed by atoms with Gasteiger partial charge >= 0.3 is 5.97 Å².